The first-order chi connectivity index (χ1) is 12.1. The number of benzene rings is 1. The third kappa shape index (κ3) is 4.65. The van der Waals surface area contributed by atoms with Crippen LogP contribution in [0.5, 0.6) is 0 Å². The lowest BCUT2D eigenvalue weighted by atomic mass is 10.1. The van der Waals surface area contributed by atoms with Gasteiger partial charge in [0.15, 0.2) is 0 Å². The van der Waals surface area contributed by atoms with Gasteiger partial charge in [0, 0.05) is 31.7 Å². The largest absolute Gasteiger partial charge is 0.379 e. The maximum atomic E-state index is 12.4. The van der Waals surface area contributed by atoms with Crippen molar-refractivity contribution in [2.75, 3.05) is 39.4 Å². The average molecular weight is 339 g/mol. The van der Waals surface area contributed by atoms with Gasteiger partial charge in [-0.3, -0.25) is 14.7 Å². The zero-order valence-corrected chi connectivity index (χ0v) is 14.9. The van der Waals surface area contributed by atoms with E-state index in [-0.39, 0.29) is 5.91 Å². The Kier molecular flexibility index (Phi) is 5.79. The quantitative estimate of drug-likeness (QED) is 0.909. The molecule has 0 aliphatic carbocycles. The van der Waals surface area contributed by atoms with Gasteiger partial charge in [-0.2, -0.15) is 0 Å². The number of rotatable bonds is 5. The summed E-state index contributed by atoms with van der Waals surface area (Å²) in [6.07, 6.45) is 0. The fraction of sp³-hybridized carbons (Fsp3) is 0.400. The van der Waals surface area contributed by atoms with Crippen molar-refractivity contribution in [1.82, 2.24) is 15.2 Å². The SMILES string of the molecule is Cc1ccc(-c2ccc(C(=O)NCCN3CCOCC3)c(C)n2)cc1. The Morgan fingerprint density at radius 2 is 1.84 bits per heavy atom. The molecule has 3 rings (SSSR count). The van der Waals surface area contributed by atoms with Crippen LogP contribution in [-0.2, 0) is 4.74 Å². The second-order valence-corrected chi connectivity index (χ2v) is 6.41. The fourth-order valence-electron chi connectivity index (χ4n) is 2.93. The number of ether oxygens (including phenoxy) is 1. The number of amides is 1. The van der Waals surface area contributed by atoms with E-state index in [0.29, 0.717) is 12.1 Å². The molecule has 1 aromatic carbocycles. The van der Waals surface area contributed by atoms with Crippen molar-refractivity contribution in [3.05, 3.63) is 53.2 Å². The normalized spacial score (nSPS) is 15.1. The van der Waals surface area contributed by atoms with Crippen molar-refractivity contribution in [2.24, 2.45) is 0 Å². The first kappa shape index (κ1) is 17.6. The van der Waals surface area contributed by atoms with Crippen LogP contribution < -0.4 is 5.32 Å². The van der Waals surface area contributed by atoms with E-state index < -0.39 is 0 Å². The van der Waals surface area contributed by atoms with Crippen LogP contribution in [0.1, 0.15) is 21.6 Å². The molecule has 1 N–H and O–H groups in total. The zero-order valence-electron chi connectivity index (χ0n) is 14.9. The molecule has 2 heterocycles. The Hall–Kier alpha value is -2.24. The Morgan fingerprint density at radius 1 is 1.12 bits per heavy atom. The average Bonchev–Trinajstić information content (AvgIpc) is 2.63. The number of nitrogens with zero attached hydrogens (tertiary/aromatic N) is 2. The molecule has 2 aromatic rings. The summed E-state index contributed by atoms with van der Waals surface area (Å²) < 4.78 is 5.33. The number of nitrogens with one attached hydrogen (secondary N) is 1. The molecule has 0 saturated carbocycles. The Bertz CT molecular complexity index is 722. The molecular weight excluding hydrogens is 314 g/mol. The lowest BCUT2D eigenvalue weighted by Gasteiger charge is -2.26. The van der Waals surface area contributed by atoms with Gasteiger partial charge in [-0.25, -0.2) is 0 Å². The molecule has 0 atom stereocenters. The van der Waals surface area contributed by atoms with Crippen LogP contribution >= 0.6 is 0 Å². The van der Waals surface area contributed by atoms with Gasteiger partial charge in [-0.1, -0.05) is 29.8 Å². The third-order valence-corrected chi connectivity index (χ3v) is 4.50. The standard InChI is InChI=1S/C20H25N3O2/c1-15-3-5-17(6-4-15)19-8-7-18(16(2)22-19)20(24)21-9-10-23-11-13-25-14-12-23/h3-8H,9-14H2,1-2H3,(H,21,24). The van der Waals surface area contributed by atoms with Crippen molar-refractivity contribution in [3.8, 4) is 11.3 Å². The highest BCUT2D eigenvalue weighted by atomic mass is 16.5. The van der Waals surface area contributed by atoms with Crippen LogP contribution in [0.25, 0.3) is 11.3 Å². The lowest BCUT2D eigenvalue weighted by molar-refractivity contribution is 0.0383. The van der Waals surface area contributed by atoms with Crippen LogP contribution in [0.3, 0.4) is 0 Å². The first-order valence-corrected chi connectivity index (χ1v) is 8.76. The summed E-state index contributed by atoms with van der Waals surface area (Å²) in [4.78, 5) is 19.3. The molecular formula is C20H25N3O2. The molecule has 5 heteroatoms. The Morgan fingerprint density at radius 3 is 2.52 bits per heavy atom. The number of carbonyl (C=O) groups is 1. The van der Waals surface area contributed by atoms with Gasteiger partial charge < -0.3 is 10.1 Å². The first-order valence-electron chi connectivity index (χ1n) is 8.76. The topological polar surface area (TPSA) is 54.5 Å². The van der Waals surface area contributed by atoms with Crippen molar-refractivity contribution in [2.45, 2.75) is 13.8 Å². The number of hydrogen-bond acceptors (Lipinski definition) is 4. The summed E-state index contributed by atoms with van der Waals surface area (Å²) in [7, 11) is 0. The van der Waals surface area contributed by atoms with E-state index in [0.717, 1.165) is 49.8 Å². The molecule has 1 saturated heterocycles. The number of aromatic nitrogens is 1. The van der Waals surface area contributed by atoms with Crippen LogP contribution in [0.15, 0.2) is 36.4 Å². The van der Waals surface area contributed by atoms with E-state index in [1.807, 2.05) is 19.1 Å². The molecule has 0 radical (unpaired) electrons. The predicted molar refractivity (Wildman–Crippen MR) is 98.7 cm³/mol. The van der Waals surface area contributed by atoms with Crippen molar-refractivity contribution in [1.29, 1.82) is 0 Å². The number of hydrogen-bond donors (Lipinski definition) is 1. The number of pyridine rings is 1. The van der Waals surface area contributed by atoms with Gasteiger partial charge in [0.25, 0.3) is 5.91 Å². The smallest absolute Gasteiger partial charge is 0.253 e. The van der Waals surface area contributed by atoms with Gasteiger partial charge in [-0.15, -0.1) is 0 Å². The molecule has 0 bridgehead atoms. The van der Waals surface area contributed by atoms with Crippen LogP contribution in [0.2, 0.25) is 0 Å². The summed E-state index contributed by atoms with van der Waals surface area (Å²) in [6, 6.07) is 12.0. The molecule has 5 nitrogen and oxygen atoms in total. The molecule has 0 unspecified atom stereocenters. The van der Waals surface area contributed by atoms with E-state index >= 15 is 0 Å². The lowest BCUT2D eigenvalue weighted by Crippen LogP contribution is -2.41. The Balaban J connectivity index is 1.59. The maximum absolute atomic E-state index is 12.4. The molecule has 1 fully saturated rings. The maximum Gasteiger partial charge on any atom is 0.253 e. The van der Waals surface area contributed by atoms with Crippen molar-refractivity contribution < 1.29 is 9.53 Å². The fourth-order valence-corrected chi connectivity index (χ4v) is 2.93. The monoisotopic (exact) mass is 339 g/mol. The van der Waals surface area contributed by atoms with E-state index in [2.05, 4.69) is 46.4 Å². The van der Waals surface area contributed by atoms with Crippen molar-refractivity contribution in [3.63, 3.8) is 0 Å². The van der Waals surface area contributed by atoms with Crippen LogP contribution in [0.4, 0.5) is 0 Å². The molecule has 25 heavy (non-hydrogen) atoms. The van der Waals surface area contributed by atoms with Gasteiger partial charge in [0.1, 0.15) is 0 Å². The van der Waals surface area contributed by atoms with Crippen molar-refractivity contribution >= 4 is 5.91 Å². The number of carbonyl (C=O) groups excluding carboxylic acids is 1. The second-order valence-electron chi connectivity index (χ2n) is 6.41. The molecule has 1 aliphatic rings. The van der Waals surface area contributed by atoms with E-state index in [4.69, 9.17) is 4.74 Å². The predicted octanol–water partition coefficient (Wildman–Crippen LogP) is 2.43. The molecule has 0 spiro atoms. The zero-order chi connectivity index (χ0) is 17.6. The number of aryl methyl sites for hydroxylation is 2. The Labute approximate surface area is 149 Å². The minimum Gasteiger partial charge on any atom is -0.379 e. The second kappa shape index (κ2) is 8.23. The summed E-state index contributed by atoms with van der Waals surface area (Å²) in [6.45, 7) is 8.85. The molecule has 1 aromatic heterocycles. The summed E-state index contributed by atoms with van der Waals surface area (Å²) in [5, 5.41) is 2.99. The van der Waals surface area contributed by atoms with Gasteiger partial charge >= 0.3 is 0 Å². The summed E-state index contributed by atoms with van der Waals surface area (Å²) in [5.41, 5.74) is 4.56. The van der Waals surface area contributed by atoms with E-state index in [1.54, 1.807) is 0 Å². The summed E-state index contributed by atoms with van der Waals surface area (Å²) >= 11 is 0. The van der Waals surface area contributed by atoms with Gasteiger partial charge in [-0.05, 0) is 26.0 Å². The van der Waals surface area contributed by atoms with Gasteiger partial charge in [0.2, 0.25) is 0 Å². The minimum absolute atomic E-state index is 0.0614. The third-order valence-electron chi connectivity index (χ3n) is 4.50. The molecule has 1 aliphatic heterocycles. The number of morpholine rings is 1. The van der Waals surface area contributed by atoms with Gasteiger partial charge in [0.05, 0.1) is 30.2 Å². The molecule has 132 valence electrons. The minimum atomic E-state index is -0.0614. The summed E-state index contributed by atoms with van der Waals surface area (Å²) in [5.74, 6) is -0.0614. The van der Waals surface area contributed by atoms with E-state index in [1.165, 1.54) is 5.56 Å². The van der Waals surface area contributed by atoms with Crippen LogP contribution in [-0.4, -0.2) is 55.2 Å². The highest BCUT2D eigenvalue weighted by Crippen LogP contribution is 2.19. The highest BCUT2D eigenvalue weighted by molar-refractivity contribution is 5.95. The van der Waals surface area contributed by atoms with E-state index in [9.17, 15) is 4.79 Å². The molecule has 1 amide bonds. The van der Waals surface area contributed by atoms with Crippen LogP contribution in [0, 0.1) is 13.8 Å². The highest BCUT2D eigenvalue weighted by Gasteiger charge is 2.13.